The molecule has 2 aromatic heterocycles. The van der Waals surface area contributed by atoms with E-state index in [1.165, 1.54) is 12.1 Å². The van der Waals surface area contributed by atoms with Gasteiger partial charge in [0.1, 0.15) is 17.1 Å². The molecule has 0 atom stereocenters. The minimum absolute atomic E-state index is 0.186. The second kappa shape index (κ2) is 10.1. The first kappa shape index (κ1) is 25.1. The molecule has 0 saturated heterocycles. The molecule has 0 aliphatic rings. The van der Waals surface area contributed by atoms with E-state index in [1.807, 2.05) is 16.7 Å². The van der Waals surface area contributed by atoms with Crippen molar-refractivity contribution in [2.24, 2.45) is 7.05 Å². The van der Waals surface area contributed by atoms with Crippen LogP contribution in [0.25, 0.3) is 33.5 Å². The van der Waals surface area contributed by atoms with Gasteiger partial charge in [-0.2, -0.15) is 0 Å². The Kier molecular flexibility index (Phi) is 6.64. The van der Waals surface area contributed by atoms with Crippen molar-refractivity contribution in [2.45, 2.75) is 0 Å². The van der Waals surface area contributed by atoms with Crippen molar-refractivity contribution in [2.75, 3.05) is 10.6 Å². The van der Waals surface area contributed by atoms with Gasteiger partial charge in [-0.3, -0.25) is 9.59 Å². The van der Waals surface area contributed by atoms with Gasteiger partial charge in [0.15, 0.2) is 0 Å². The van der Waals surface area contributed by atoms with Crippen LogP contribution in [0.5, 0.6) is 5.75 Å². The van der Waals surface area contributed by atoms with Crippen LogP contribution in [0.15, 0.2) is 83.5 Å². The molecule has 5 aromatic rings. The number of nitrogens with one attached hydrogen (secondary N) is 2. The summed E-state index contributed by atoms with van der Waals surface area (Å²) in [6, 6.07) is 20.3. The topological polar surface area (TPSA) is 134 Å². The molecule has 5 rings (SSSR count). The summed E-state index contributed by atoms with van der Waals surface area (Å²) in [4.78, 5) is 36.7. The van der Waals surface area contributed by atoms with Gasteiger partial charge in [0, 0.05) is 44.6 Å². The lowest BCUT2D eigenvalue weighted by molar-refractivity contribution is -0.132. The largest absolute Gasteiger partial charge is 0.507 e. The smallest absolute Gasteiger partial charge is 0.339 e. The number of hydrogen-bond donors (Lipinski definition) is 4. The number of halogens is 1. The SMILES string of the molecule is Cn1c(-c2cccc(NC(=O)C(=O)Nc3cccc(-c4ccco4)c3)c2)c(I)c2cc(C(=O)O)c(O)cc21. The molecule has 10 heteroatoms. The molecule has 4 N–H and O–H groups in total. The molecule has 0 saturated carbocycles. The number of anilines is 2. The maximum atomic E-state index is 12.7. The van der Waals surface area contributed by atoms with Crippen molar-refractivity contribution in [3.05, 3.63) is 88.2 Å². The number of aromatic carboxylic acids is 1. The standard InChI is InChI=1S/C28H20IN3O6/c1-32-21-14-22(33)20(28(36)37)13-19(21)24(29)25(32)16-6-3-8-18(12-16)31-27(35)26(34)30-17-7-2-5-15(11-17)23-9-4-10-38-23/h2-14,33H,1H3,(H,30,34)(H,31,35)(H,36,37). The normalized spacial score (nSPS) is 10.9. The number of nitrogens with zero attached hydrogens (tertiary/aromatic N) is 1. The van der Waals surface area contributed by atoms with Crippen LogP contribution in [0, 0.1) is 3.57 Å². The second-order valence-electron chi connectivity index (χ2n) is 8.46. The van der Waals surface area contributed by atoms with Crippen molar-refractivity contribution in [3.8, 4) is 28.3 Å². The van der Waals surface area contributed by atoms with Crippen molar-refractivity contribution >= 4 is 62.7 Å². The van der Waals surface area contributed by atoms with Crippen LogP contribution in [-0.4, -0.2) is 32.6 Å². The van der Waals surface area contributed by atoms with E-state index in [4.69, 9.17) is 4.42 Å². The molecular formula is C28H20IN3O6. The average molecular weight is 621 g/mol. The van der Waals surface area contributed by atoms with Gasteiger partial charge in [0.25, 0.3) is 0 Å². The van der Waals surface area contributed by atoms with Crippen LogP contribution in [0.1, 0.15) is 10.4 Å². The minimum atomic E-state index is -1.22. The highest BCUT2D eigenvalue weighted by Gasteiger charge is 2.20. The number of rotatable bonds is 5. The zero-order chi connectivity index (χ0) is 27.0. The molecule has 2 amide bonds. The molecule has 0 spiro atoms. The molecule has 0 radical (unpaired) electrons. The van der Waals surface area contributed by atoms with Crippen LogP contribution < -0.4 is 10.6 Å². The van der Waals surface area contributed by atoms with Crippen LogP contribution in [-0.2, 0) is 16.6 Å². The summed E-state index contributed by atoms with van der Waals surface area (Å²) in [7, 11) is 1.80. The molecule has 190 valence electrons. The van der Waals surface area contributed by atoms with Gasteiger partial charge in [0.05, 0.1) is 17.5 Å². The molecule has 0 fully saturated rings. The lowest BCUT2D eigenvalue weighted by Gasteiger charge is -2.10. The van der Waals surface area contributed by atoms with E-state index in [0.29, 0.717) is 28.0 Å². The zero-order valence-electron chi connectivity index (χ0n) is 19.9. The molecule has 0 unspecified atom stereocenters. The van der Waals surface area contributed by atoms with E-state index >= 15 is 0 Å². The minimum Gasteiger partial charge on any atom is -0.507 e. The van der Waals surface area contributed by atoms with Crippen LogP contribution >= 0.6 is 22.6 Å². The van der Waals surface area contributed by atoms with Gasteiger partial charge in [-0.1, -0.05) is 24.3 Å². The maximum absolute atomic E-state index is 12.7. The van der Waals surface area contributed by atoms with Gasteiger partial charge < -0.3 is 29.8 Å². The Labute approximate surface area is 229 Å². The van der Waals surface area contributed by atoms with E-state index in [1.54, 1.807) is 61.8 Å². The van der Waals surface area contributed by atoms with Gasteiger partial charge in [-0.05, 0) is 65.1 Å². The lowest BCUT2D eigenvalue weighted by Crippen LogP contribution is -2.29. The van der Waals surface area contributed by atoms with E-state index in [9.17, 15) is 24.6 Å². The Morgan fingerprint density at radius 1 is 0.868 bits per heavy atom. The zero-order valence-corrected chi connectivity index (χ0v) is 22.0. The quantitative estimate of drug-likeness (QED) is 0.147. The number of aromatic nitrogens is 1. The Morgan fingerprint density at radius 3 is 2.11 bits per heavy atom. The number of fused-ring (bicyclic) bond motifs is 1. The van der Waals surface area contributed by atoms with E-state index in [0.717, 1.165) is 20.4 Å². The molecule has 0 bridgehead atoms. The second-order valence-corrected chi connectivity index (χ2v) is 9.54. The molecule has 0 aliphatic heterocycles. The Balaban J connectivity index is 1.38. The molecule has 38 heavy (non-hydrogen) atoms. The number of carbonyl (C=O) groups excluding carboxylic acids is 2. The number of aryl methyl sites for hydroxylation is 1. The van der Waals surface area contributed by atoms with Crippen LogP contribution in [0.2, 0.25) is 0 Å². The summed E-state index contributed by atoms with van der Waals surface area (Å²) < 4.78 is 7.99. The fourth-order valence-electron chi connectivity index (χ4n) is 4.23. The summed E-state index contributed by atoms with van der Waals surface area (Å²) in [6.45, 7) is 0. The fourth-order valence-corrected chi connectivity index (χ4v) is 5.34. The first-order valence-corrected chi connectivity index (χ1v) is 12.4. The molecule has 9 nitrogen and oxygen atoms in total. The third kappa shape index (κ3) is 4.73. The average Bonchev–Trinajstić information content (AvgIpc) is 3.51. The number of aromatic hydroxyl groups is 1. The van der Waals surface area contributed by atoms with Crippen LogP contribution in [0.3, 0.4) is 0 Å². The van der Waals surface area contributed by atoms with Crippen molar-refractivity contribution < 1.29 is 29.0 Å². The number of furan rings is 1. The summed E-state index contributed by atoms with van der Waals surface area (Å²) in [6.07, 6.45) is 1.55. The monoisotopic (exact) mass is 621 g/mol. The van der Waals surface area contributed by atoms with Crippen molar-refractivity contribution in [1.29, 1.82) is 0 Å². The van der Waals surface area contributed by atoms with E-state index in [-0.39, 0.29) is 11.3 Å². The fraction of sp³-hybridized carbons (Fsp3) is 0.0357. The van der Waals surface area contributed by atoms with E-state index in [2.05, 4.69) is 33.2 Å². The Hall–Kier alpha value is -4.58. The van der Waals surface area contributed by atoms with Gasteiger partial charge in [0.2, 0.25) is 0 Å². The Bertz CT molecular complexity index is 1720. The summed E-state index contributed by atoms with van der Waals surface area (Å²) in [5.41, 5.74) is 3.57. The van der Waals surface area contributed by atoms with Gasteiger partial charge in [-0.15, -0.1) is 0 Å². The summed E-state index contributed by atoms with van der Waals surface area (Å²) in [5.74, 6) is -2.58. The first-order valence-electron chi connectivity index (χ1n) is 11.3. The number of hydrogen-bond acceptors (Lipinski definition) is 5. The number of phenols is 1. The summed E-state index contributed by atoms with van der Waals surface area (Å²) in [5, 5.41) is 25.4. The maximum Gasteiger partial charge on any atom is 0.339 e. The highest BCUT2D eigenvalue weighted by atomic mass is 127. The van der Waals surface area contributed by atoms with Gasteiger partial charge >= 0.3 is 17.8 Å². The third-order valence-corrected chi connectivity index (χ3v) is 7.10. The number of benzene rings is 3. The summed E-state index contributed by atoms with van der Waals surface area (Å²) >= 11 is 2.13. The number of carbonyl (C=O) groups is 3. The highest BCUT2D eigenvalue weighted by Crippen LogP contribution is 2.37. The predicted octanol–water partition coefficient (Wildman–Crippen LogP) is 5.69. The highest BCUT2D eigenvalue weighted by molar-refractivity contribution is 14.1. The molecule has 3 aromatic carbocycles. The molecule has 2 heterocycles. The Morgan fingerprint density at radius 2 is 1.50 bits per heavy atom. The molecule has 0 aliphatic carbocycles. The van der Waals surface area contributed by atoms with Crippen molar-refractivity contribution in [3.63, 3.8) is 0 Å². The molecular weight excluding hydrogens is 601 g/mol. The van der Waals surface area contributed by atoms with Crippen LogP contribution in [0.4, 0.5) is 11.4 Å². The third-order valence-electron chi connectivity index (χ3n) is 6.01. The number of carboxylic acid groups (broad SMARTS) is 1. The van der Waals surface area contributed by atoms with Crippen molar-refractivity contribution in [1.82, 2.24) is 4.57 Å². The van der Waals surface area contributed by atoms with E-state index < -0.39 is 17.8 Å². The predicted molar refractivity (Wildman–Crippen MR) is 151 cm³/mol. The number of carboxylic acids is 1. The van der Waals surface area contributed by atoms with Gasteiger partial charge in [-0.25, -0.2) is 4.79 Å². The number of amides is 2. The first-order chi connectivity index (χ1) is 18.2. The lowest BCUT2D eigenvalue weighted by atomic mass is 10.1.